The summed E-state index contributed by atoms with van der Waals surface area (Å²) < 4.78 is 10.8. The first-order valence-corrected chi connectivity index (χ1v) is 6.23. The van der Waals surface area contributed by atoms with Crippen LogP contribution in [0.3, 0.4) is 0 Å². The zero-order valence-electron chi connectivity index (χ0n) is 12.3. The zero-order chi connectivity index (χ0) is 14.6. The average Bonchev–Trinajstić information content (AvgIpc) is 2.39. The van der Waals surface area contributed by atoms with E-state index >= 15 is 0 Å². The molecule has 1 rings (SSSR count). The topological polar surface area (TPSA) is 68.0 Å². The largest absolute Gasteiger partial charge is 0.496 e. The Bertz CT molecular complexity index is 421. The number of aliphatic hydroxyl groups is 1. The van der Waals surface area contributed by atoms with Crippen LogP contribution in [0.4, 0.5) is 0 Å². The number of likely N-dealkylation sites (N-methyl/N-ethyl adjacent to an activating group) is 1. The fraction of sp³-hybridized carbons (Fsp3) is 0.571. The fourth-order valence-corrected chi connectivity index (χ4v) is 2.26. The van der Waals surface area contributed by atoms with E-state index in [1.165, 1.54) is 0 Å². The number of methoxy groups -OCH3 is 2. The van der Waals surface area contributed by atoms with Gasteiger partial charge in [-0.15, -0.1) is 0 Å². The number of aryl methyl sites for hydroxylation is 1. The second-order valence-corrected chi connectivity index (χ2v) is 4.78. The number of hydrogen-bond acceptors (Lipinski definition) is 5. The summed E-state index contributed by atoms with van der Waals surface area (Å²) in [5, 5.41) is 10.1. The van der Waals surface area contributed by atoms with Gasteiger partial charge in [0, 0.05) is 12.1 Å². The molecule has 1 aromatic rings. The molecule has 3 N–H and O–H groups in total. The van der Waals surface area contributed by atoms with Crippen molar-refractivity contribution < 1.29 is 14.6 Å². The van der Waals surface area contributed by atoms with Crippen molar-refractivity contribution in [2.75, 3.05) is 34.9 Å². The van der Waals surface area contributed by atoms with Crippen LogP contribution in [-0.4, -0.2) is 51.0 Å². The van der Waals surface area contributed by atoms with Crippen LogP contribution in [0, 0.1) is 6.92 Å². The first-order chi connectivity index (χ1) is 8.96. The van der Waals surface area contributed by atoms with E-state index < -0.39 is 6.10 Å². The Morgan fingerprint density at radius 3 is 2.21 bits per heavy atom. The highest BCUT2D eigenvalue weighted by atomic mass is 16.5. The van der Waals surface area contributed by atoms with Gasteiger partial charge in [0.15, 0.2) is 0 Å². The molecule has 108 valence electrons. The molecule has 0 amide bonds. The minimum atomic E-state index is -0.670. The maximum atomic E-state index is 10.1. The summed E-state index contributed by atoms with van der Waals surface area (Å²) in [4.78, 5) is 1.92. The maximum absolute atomic E-state index is 10.1. The van der Waals surface area contributed by atoms with Crippen molar-refractivity contribution in [3.8, 4) is 11.5 Å². The van der Waals surface area contributed by atoms with E-state index in [4.69, 9.17) is 15.2 Å². The molecular formula is C14H24N2O3. The summed E-state index contributed by atoms with van der Waals surface area (Å²) in [6, 6.07) is 3.57. The van der Waals surface area contributed by atoms with Crippen LogP contribution >= 0.6 is 0 Å². The molecule has 5 heteroatoms. The Labute approximate surface area is 114 Å². The van der Waals surface area contributed by atoms with Crippen molar-refractivity contribution in [2.45, 2.75) is 19.1 Å². The van der Waals surface area contributed by atoms with E-state index in [-0.39, 0.29) is 12.6 Å². The molecule has 0 fully saturated rings. The molecule has 0 aromatic heterocycles. The normalized spacial score (nSPS) is 14.3. The number of hydrogen-bond donors (Lipinski definition) is 2. The molecule has 1 aromatic carbocycles. The summed E-state index contributed by atoms with van der Waals surface area (Å²) in [5.41, 5.74) is 7.45. The standard InChI is InChI=1S/C14H24N2O3/c1-9-6-13(19-5)10(7-12(9)18-4)14(16(2)3)11(17)8-15/h6-7,11,14,17H,8,15H2,1-5H3. The minimum absolute atomic E-state index is 0.183. The predicted molar refractivity (Wildman–Crippen MR) is 75.8 cm³/mol. The van der Waals surface area contributed by atoms with Crippen molar-refractivity contribution >= 4 is 0 Å². The van der Waals surface area contributed by atoms with E-state index in [1.807, 2.05) is 38.1 Å². The van der Waals surface area contributed by atoms with Gasteiger partial charge >= 0.3 is 0 Å². The van der Waals surface area contributed by atoms with Crippen molar-refractivity contribution in [3.63, 3.8) is 0 Å². The van der Waals surface area contributed by atoms with Gasteiger partial charge in [0.1, 0.15) is 11.5 Å². The minimum Gasteiger partial charge on any atom is -0.496 e. The molecule has 0 saturated carbocycles. The molecule has 0 heterocycles. The summed E-state index contributed by atoms with van der Waals surface area (Å²) in [7, 11) is 7.04. The van der Waals surface area contributed by atoms with Crippen LogP contribution in [0.1, 0.15) is 17.2 Å². The Morgan fingerprint density at radius 2 is 1.79 bits per heavy atom. The molecular weight excluding hydrogens is 244 g/mol. The lowest BCUT2D eigenvalue weighted by molar-refractivity contribution is 0.0806. The average molecular weight is 268 g/mol. The van der Waals surface area contributed by atoms with Crippen LogP contribution in [0.2, 0.25) is 0 Å². The lowest BCUT2D eigenvalue weighted by Crippen LogP contribution is -2.36. The molecule has 0 spiro atoms. The summed E-state index contributed by atoms with van der Waals surface area (Å²) in [6.07, 6.45) is -0.670. The van der Waals surface area contributed by atoms with E-state index in [0.717, 1.165) is 22.6 Å². The monoisotopic (exact) mass is 268 g/mol. The van der Waals surface area contributed by atoms with Crippen molar-refractivity contribution in [2.24, 2.45) is 5.73 Å². The van der Waals surface area contributed by atoms with Gasteiger partial charge in [0.05, 0.1) is 26.4 Å². The van der Waals surface area contributed by atoms with E-state index in [0.29, 0.717) is 0 Å². The van der Waals surface area contributed by atoms with Gasteiger partial charge in [-0.05, 0) is 38.7 Å². The lowest BCUT2D eigenvalue weighted by atomic mass is 9.97. The lowest BCUT2D eigenvalue weighted by Gasteiger charge is -2.30. The number of nitrogens with two attached hydrogens (primary N) is 1. The molecule has 0 aliphatic rings. The zero-order valence-corrected chi connectivity index (χ0v) is 12.3. The molecule has 19 heavy (non-hydrogen) atoms. The highest BCUT2D eigenvalue weighted by Gasteiger charge is 2.26. The fourth-order valence-electron chi connectivity index (χ4n) is 2.26. The summed E-state index contributed by atoms with van der Waals surface area (Å²) in [6.45, 7) is 2.14. The first-order valence-electron chi connectivity index (χ1n) is 6.23. The number of rotatable bonds is 6. The Kier molecular flexibility index (Phi) is 5.60. The van der Waals surface area contributed by atoms with Gasteiger partial charge in [0.25, 0.3) is 0 Å². The molecule has 0 saturated heterocycles. The highest BCUT2D eigenvalue weighted by molar-refractivity contribution is 5.47. The molecule has 2 unspecified atom stereocenters. The third-order valence-electron chi connectivity index (χ3n) is 3.23. The molecule has 5 nitrogen and oxygen atoms in total. The predicted octanol–water partition coefficient (Wildman–Crippen LogP) is 0.935. The first kappa shape index (κ1) is 15.8. The molecule has 2 atom stereocenters. The van der Waals surface area contributed by atoms with Gasteiger partial charge in [-0.1, -0.05) is 0 Å². The van der Waals surface area contributed by atoms with Crippen molar-refractivity contribution in [1.29, 1.82) is 0 Å². The van der Waals surface area contributed by atoms with E-state index in [2.05, 4.69) is 0 Å². The van der Waals surface area contributed by atoms with E-state index in [9.17, 15) is 5.11 Å². The second-order valence-electron chi connectivity index (χ2n) is 4.78. The van der Waals surface area contributed by atoms with Crippen molar-refractivity contribution in [3.05, 3.63) is 23.3 Å². The van der Waals surface area contributed by atoms with Crippen LogP contribution in [-0.2, 0) is 0 Å². The second kappa shape index (κ2) is 6.75. The number of aliphatic hydroxyl groups excluding tert-OH is 1. The Hall–Kier alpha value is -1.30. The molecule has 0 bridgehead atoms. The van der Waals surface area contributed by atoms with Gasteiger partial charge < -0.3 is 20.3 Å². The van der Waals surface area contributed by atoms with Gasteiger partial charge in [-0.25, -0.2) is 0 Å². The molecule has 0 radical (unpaired) electrons. The van der Waals surface area contributed by atoms with Crippen LogP contribution in [0.25, 0.3) is 0 Å². The smallest absolute Gasteiger partial charge is 0.124 e. The van der Waals surface area contributed by atoms with Crippen LogP contribution in [0.5, 0.6) is 11.5 Å². The third kappa shape index (κ3) is 3.37. The quantitative estimate of drug-likeness (QED) is 0.803. The van der Waals surface area contributed by atoms with Crippen LogP contribution < -0.4 is 15.2 Å². The summed E-state index contributed by atoms with van der Waals surface area (Å²) >= 11 is 0. The van der Waals surface area contributed by atoms with Crippen molar-refractivity contribution in [1.82, 2.24) is 4.90 Å². The van der Waals surface area contributed by atoms with Gasteiger partial charge in [-0.3, -0.25) is 4.90 Å². The highest BCUT2D eigenvalue weighted by Crippen LogP contribution is 2.35. The number of ether oxygens (including phenoxy) is 2. The molecule has 0 aliphatic heterocycles. The van der Waals surface area contributed by atoms with E-state index in [1.54, 1.807) is 14.2 Å². The van der Waals surface area contributed by atoms with Crippen LogP contribution in [0.15, 0.2) is 12.1 Å². The number of nitrogens with zero attached hydrogens (tertiary/aromatic N) is 1. The summed E-state index contributed by atoms with van der Waals surface area (Å²) in [5.74, 6) is 1.50. The van der Waals surface area contributed by atoms with Gasteiger partial charge in [0.2, 0.25) is 0 Å². The Balaban J connectivity index is 3.35. The number of benzene rings is 1. The molecule has 0 aliphatic carbocycles. The Morgan fingerprint density at radius 1 is 1.21 bits per heavy atom. The third-order valence-corrected chi connectivity index (χ3v) is 3.23. The SMILES string of the molecule is COc1cc(C(C(O)CN)N(C)C)c(OC)cc1C. The maximum Gasteiger partial charge on any atom is 0.124 e. The van der Waals surface area contributed by atoms with Gasteiger partial charge in [-0.2, -0.15) is 0 Å².